The first-order valence-corrected chi connectivity index (χ1v) is 14.6. The van der Waals surface area contributed by atoms with E-state index >= 15 is 0 Å². The number of rotatable bonds is 10. The molecule has 220 valence electrons. The van der Waals surface area contributed by atoms with Gasteiger partial charge in [-0.05, 0) is 37.6 Å². The zero-order valence-electron chi connectivity index (χ0n) is 22.4. The number of aliphatic hydroxyl groups is 1. The van der Waals surface area contributed by atoms with E-state index in [0.29, 0.717) is 0 Å². The Morgan fingerprint density at radius 3 is 2.71 bits per heavy atom. The molecule has 0 radical (unpaired) electrons. The van der Waals surface area contributed by atoms with E-state index in [2.05, 4.69) is 26.3 Å². The Balaban J connectivity index is 1.62. The second-order valence-electron chi connectivity index (χ2n) is 9.78. The highest BCUT2D eigenvalue weighted by Crippen LogP contribution is 2.51. The van der Waals surface area contributed by atoms with Gasteiger partial charge in [-0.15, -0.1) is 0 Å². The van der Waals surface area contributed by atoms with Gasteiger partial charge in [-0.3, -0.25) is 23.7 Å². The third-order valence-electron chi connectivity index (χ3n) is 6.20. The van der Waals surface area contributed by atoms with Gasteiger partial charge in [0.05, 0.1) is 31.1 Å². The highest BCUT2D eigenvalue weighted by Gasteiger charge is 2.55. The standard InChI is InChI=1S/C25H30ClN6O8P/c1-14(2)38-22(35)15(3)12-41(36,40-16-7-5-4-6-8-16)37-11-17-19(33)25(28,9-10-26)23(39-17)32-13-29-18-20(32)30-24(27)31-21(18)34/h4-8,13-15,17,19,23,33H,11-12,28H2,1-3H3,(H3,27,30,31,34)/t15-,17-,19+,23-,25?,41+/m1/s1. The van der Waals surface area contributed by atoms with E-state index in [1.807, 2.05) is 0 Å². The molecular formula is C25H30ClN6O8P. The van der Waals surface area contributed by atoms with Crippen molar-refractivity contribution in [1.29, 1.82) is 0 Å². The number of imidazole rings is 1. The number of aromatic amines is 1. The molecule has 3 heterocycles. The molecule has 0 aliphatic carbocycles. The monoisotopic (exact) mass is 608 g/mol. The number of aromatic nitrogens is 4. The fourth-order valence-electron chi connectivity index (χ4n) is 4.27. The summed E-state index contributed by atoms with van der Waals surface area (Å²) in [6.45, 7) is 4.45. The van der Waals surface area contributed by atoms with Crippen LogP contribution >= 0.6 is 19.2 Å². The van der Waals surface area contributed by atoms with E-state index in [-0.39, 0.29) is 35.1 Å². The Bertz CT molecular complexity index is 1570. The third kappa shape index (κ3) is 6.56. The van der Waals surface area contributed by atoms with Crippen molar-refractivity contribution in [3.05, 3.63) is 47.0 Å². The minimum Gasteiger partial charge on any atom is -0.463 e. The second-order valence-corrected chi connectivity index (χ2v) is 12.0. The van der Waals surface area contributed by atoms with Crippen LogP contribution in [0.15, 0.2) is 41.5 Å². The number of benzene rings is 1. The highest BCUT2D eigenvalue weighted by molar-refractivity contribution is 7.54. The Morgan fingerprint density at radius 2 is 2.05 bits per heavy atom. The van der Waals surface area contributed by atoms with Gasteiger partial charge in [-0.25, -0.2) is 9.55 Å². The number of nitrogen functional groups attached to an aromatic ring is 1. The first-order chi connectivity index (χ1) is 19.4. The molecule has 16 heteroatoms. The average molecular weight is 609 g/mol. The Morgan fingerprint density at radius 1 is 1.34 bits per heavy atom. The number of ether oxygens (including phenoxy) is 2. The summed E-state index contributed by atoms with van der Waals surface area (Å²) in [5.41, 5.74) is 9.72. The molecule has 4 rings (SSSR count). The summed E-state index contributed by atoms with van der Waals surface area (Å²) in [4.78, 5) is 35.2. The molecule has 2 aromatic heterocycles. The van der Waals surface area contributed by atoms with Gasteiger partial charge in [0.1, 0.15) is 18.0 Å². The van der Waals surface area contributed by atoms with Crippen LogP contribution in [0.5, 0.6) is 5.75 Å². The lowest BCUT2D eigenvalue weighted by Crippen LogP contribution is -2.53. The zero-order chi connectivity index (χ0) is 29.9. The van der Waals surface area contributed by atoms with Crippen LogP contribution in [0, 0.1) is 17.2 Å². The number of esters is 1. The van der Waals surface area contributed by atoms with Gasteiger partial charge in [-0.2, -0.15) is 4.98 Å². The summed E-state index contributed by atoms with van der Waals surface area (Å²) in [5, 5.41) is 13.4. The number of carbonyl (C=O) groups is 1. The number of nitrogens with zero attached hydrogens (tertiary/aromatic N) is 3. The van der Waals surface area contributed by atoms with Crippen LogP contribution in [0.4, 0.5) is 5.95 Å². The van der Waals surface area contributed by atoms with Crippen LogP contribution in [0.3, 0.4) is 0 Å². The highest BCUT2D eigenvalue weighted by atomic mass is 35.5. The number of carbonyl (C=O) groups excluding carboxylic acids is 1. The molecule has 0 saturated carbocycles. The fraction of sp³-hybridized carbons (Fsp3) is 0.440. The predicted octanol–water partition coefficient (Wildman–Crippen LogP) is 1.73. The Labute approximate surface area is 239 Å². The molecule has 1 unspecified atom stereocenters. The molecule has 0 bridgehead atoms. The minimum absolute atomic E-state index is 0.0202. The Kier molecular flexibility index (Phi) is 9.08. The number of nitrogens with one attached hydrogen (secondary N) is 1. The van der Waals surface area contributed by atoms with Crippen molar-refractivity contribution in [2.45, 2.75) is 50.8 Å². The molecule has 1 aliphatic rings. The molecule has 14 nitrogen and oxygen atoms in total. The number of fused-ring (bicyclic) bond motifs is 1. The SMILES string of the molecule is CC(C)OC(=O)[C@H](C)C[P@](=O)(OC[C@H]1O[C@@H](n2cnc3c(=O)[nH]c(N)nc32)C(N)(C#CCl)[C@H]1O)Oc1ccccc1. The summed E-state index contributed by atoms with van der Waals surface area (Å²) in [6, 6.07) is 8.27. The maximum absolute atomic E-state index is 13.9. The maximum atomic E-state index is 13.9. The van der Waals surface area contributed by atoms with Crippen molar-refractivity contribution >= 4 is 42.3 Å². The zero-order valence-corrected chi connectivity index (χ0v) is 24.0. The summed E-state index contributed by atoms with van der Waals surface area (Å²) in [6.07, 6.45) is -3.50. The number of para-hydroxylation sites is 1. The topological polar surface area (TPSA) is 207 Å². The van der Waals surface area contributed by atoms with Crippen LogP contribution in [-0.2, 0) is 23.4 Å². The van der Waals surface area contributed by atoms with Crippen LogP contribution in [0.2, 0.25) is 0 Å². The van der Waals surface area contributed by atoms with Crippen LogP contribution in [0.1, 0.15) is 27.0 Å². The summed E-state index contributed by atoms with van der Waals surface area (Å²) in [5.74, 6) is 1.17. The number of H-pyrrole nitrogens is 1. The summed E-state index contributed by atoms with van der Waals surface area (Å²) < 4.78 is 38.0. The molecular weight excluding hydrogens is 579 g/mol. The molecule has 1 fully saturated rings. The largest absolute Gasteiger partial charge is 0.463 e. The molecule has 6 atom stereocenters. The lowest BCUT2D eigenvalue weighted by Gasteiger charge is -2.27. The first-order valence-electron chi connectivity index (χ1n) is 12.5. The first kappa shape index (κ1) is 30.5. The van der Waals surface area contributed by atoms with Crippen molar-refractivity contribution in [2.75, 3.05) is 18.5 Å². The smallest absolute Gasteiger partial charge is 0.380 e. The number of halogens is 1. The fourth-order valence-corrected chi connectivity index (χ4v) is 6.30. The quantitative estimate of drug-likeness (QED) is 0.147. The van der Waals surface area contributed by atoms with E-state index < -0.39 is 55.6 Å². The number of anilines is 1. The lowest BCUT2D eigenvalue weighted by atomic mass is 9.92. The van der Waals surface area contributed by atoms with E-state index in [0.717, 1.165) is 0 Å². The molecule has 1 saturated heterocycles. The summed E-state index contributed by atoms with van der Waals surface area (Å²) >= 11 is 5.68. The normalized spacial score (nSPS) is 24.4. The number of hydrogen-bond donors (Lipinski definition) is 4. The van der Waals surface area contributed by atoms with Gasteiger partial charge in [0, 0.05) is 5.38 Å². The minimum atomic E-state index is -4.05. The molecule has 1 aliphatic heterocycles. The molecule has 0 amide bonds. The van der Waals surface area contributed by atoms with E-state index in [4.69, 9.17) is 41.6 Å². The van der Waals surface area contributed by atoms with Crippen LogP contribution in [0.25, 0.3) is 11.2 Å². The summed E-state index contributed by atoms with van der Waals surface area (Å²) in [7, 11) is -4.05. The lowest BCUT2D eigenvalue weighted by molar-refractivity contribution is -0.151. The van der Waals surface area contributed by atoms with Gasteiger partial charge >= 0.3 is 13.6 Å². The van der Waals surface area contributed by atoms with E-state index in [1.54, 1.807) is 44.2 Å². The third-order valence-corrected chi connectivity index (χ3v) is 8.32. The predicted molar refractivity (Wildman–Crippen MR) is 149 cm³/mol. The Hall–Kier alpha value is -3.44. The van der Waals surface area contributed by atoms with Crippen LogP contribution < -0.4 is 21.6 Å². The van der Waals surface area contributed by atoms with Crippen molar-refractivity contribution in [3.8, 4) is 17.0 Å². The maximum Gasteiger partial charge on any atom is 0.380 e. The van der Waals surface area contributed by atoms with Gasteiger partial charge in [0.15, 0.2) is 22.9 Å². The van der Waals surface area contributed by atoms with Crippen molar-refractivity contribution in [2.24, 2.45) is 11.7 Å². The van der Waals surface area contributed by atoms with Crippen molar-refractivity contribution in [1.82, 2.24) is 19.5 Å². The number of hydrogen-bond acceptors (Lipinski definition) is 12. The molecule has 1 aromatic carbocycles. The van der Waals surface area contributed by atoms with Gasteiger partial charge in [-0.1, -0.05) is 31.0 Å². The van der Waals surface area contributed by atoms with E-state index in [9.17, 15) is 19.3 Å². The van der Waals surface area contributed by atoms with Crippen LogP contribution in [-0.4, -0.2) is 67.2 Å². The average Bonchev–Trinajstić information content (AvgIpc) is 3.42. The van der Waals surface area contributed by atoms with Gasteiger partial charge < -0.3 is 30.6 Å². The molecule has 0 spiro atoms. The number of aliphatic hydroxyl groups excluding tert-OH is 1. The second kappa shape index (κ2) is 12.2. The number of nitrogens with two attached hydrogens (primary N) is 2. The van der Waals surface area contributed by atoms with Crippen molar-refractivity contribution in [3.63, 3.8) is 0 Å². The van der Waals surface area contributed by atoms with Crippen molar-refractivity contribution < 1.29 is 33.0 Å². The molecule has 6 N–H and O–H groups in total. The molecule has 41 heavy (non-hydrogen) atoms. The van der Waals surface area contributed by atoms with Gasteiger partial charge in [0.25, 0.3) is 5.56 Å². The van der Waals surface area contributed by atoms with Gasteiger partial charge in [0.2, 0.25) is 5.95 Å². The van der Waals surface area contributed by atoms with E-state index in [1.165, 1.54) is 17.8 Å². The molecule has 3 aromatic rings.